The molecule has 1 aromatic heterocycles. The van der Waals surface area contributed by atoms with Gasteiger partial charge in [0.2, 0.25) is 0 Å². The predicted molar refractivity (Wildman–Crippen MR) is 90.3 cm³/mol. The third kappa shape index (κ3) is 3.89. The lowest BCUT2D eigenvalue weighted by molar-refractivity contribution is 0.312. The van der Waals surface area contributed by atoms with Crippen LogP contribution in [0.15, 0.2) is 36.4 Å². The molecule has 1 N–H and O–H groups in total. The second kappa shape index (κ2) is 7.46. The molecule has 2 aromatic rings. The monoisotopic (exact) mass is 334 g/mol. The van der Waals surface area contributed by atoms with E-state index in [1.165, 1.54) is 0 Å². The highest BCUT2D eigenvalue weighted by atomic mass is 35.5. The summed E-state index contributed by atoms with van der Waals surface area (Å²) in [5, 5.41) is 13.3. The Balaban J connectivity index is 2.17. The summed E-state index contributed by atoms with van der Waals surface area (Å²) < 4.78 is 0. The van der Waals surface area contributed by atoms with Crippen LogP contribution in [0.5, 0.6) is 0 Å². The minimum absolute atomic E-state index is 0.0803. The fourth-order valence-corrected chi connectivity index (χ4v) is 2.55. The Bertz CT molecular complexity index is 695. The average Bonchev–Trinajstić information content (AvgIpc) is 2.50. The minimum atomic E-state index is 0.0803. The number of nitrogens with one attached hydrogen (secondary N) is 1. The fourth-order valence-electron chi connectivity index (χ4n) is 2.14. The molecule has 2 rings (SSSR count). The molecule has 0 fully saturated rings. The molecule has 0 amide bonds. The molecule has 22 heavy (non-hydrogen) atoms. The van der Waals surface area contributed by atoms with Crippen molar-refractivity contribution in [3.8, 4) is 6.07 Å². The normalized spacial score (nSPS) is 12.0. The third-order valence-corrected chi connectivity index (χ3v) is 3.97. The van der Waals surface area contributed by atoms with Crippen LogP contribution in [0, 0.1) is 11.3 Å². The SMILES string of the molecule is CN(C)C(CNc1ccc(Cl)c(C#N)n1)c1ccccc1Cl. The molecule has 0 aliphatic rings. The zero-order valence-electron chi connectivity index (χ0n) is 12.3. The summed E-state index contributed by atoms with van der Waals surface area (Å²) in [5.41, 5.74) is 1.25. The molecule has 1 atom stereocenters. The second-order valence-corrected chi connectivity index (χ2v) is 5.83. The molecule has 1 heterocycles. The maximum Gasteiger partial charge on any atom is 0.161 e. The zero-order chi connectivity index (χ0) is 16.1. The fraction of sp³-hybridized carbons (Fsp3) is 0.250. The Morgan fingerprint density at radius 3 is 2.55 bits per heavy atom. The van der Waals surface area contributed by atoms with E-state index < -0.39 is 0 Å². The van der Waals surface area contributed by atoms with Crippen molar-refractivity contribution in [3.05, 3.63) is 57.7 Å². The molecule has 6 heteroatoms. The summed E-state index contributed by atoms with van der Waals surface area (Å²) in [4.78, 5) is 6.26. The van der Waals surface area contributed by atoms with Crippen LogP contribution in [0.3, 0.4) is 0 Å². The molecule has 1 unspecified atom stereocenters. The summed E-state index contributed by atoms with van der Waals surface area (Å²) in [6.07, 6.45) is 0. The molecular weight excluding hydrogens is 319 g/mol. The van der Waals surface area contributed by atoms with Gasteiger partial charge in [0.05, 0.1) is 11.1 Å². The average molecular weight is 335 g/mol. The largest absolute Gasteiger partial charge is 0.368 e. The van der Waals surface area contributed by atoms with Crippen LogP contribution >= 0.6 is 23.2 Å². The van der Waals surface area contributed by atoms with E-state index in [4.69, 9.17) is 28.5 Å². The molecule has 0 aliphatic carbocycles. The Morgan fingerprint density at radius 1 is 1.18 bits per heavy atom. The number of rotatable bonds is 5. The van der Waals surface area contributed by atoms with Gasteiger partial charge in [0.25, 0.3) is 0 Å². The van der Waals surface area contributed by atoms with Crippen molar-refractivity contribution in [3.63, 3.8) is 0 Å². The first kappa shape index (κ1) is 16.6. The molecule has 0 radical (unpaired) electrons. The van der Waals surface area contributed by atoms with Crippen molar-refractivity contribution in [1.82, 2.24) is 9.88 Å². The van der Waals surface area contributed by atoms with E-state index in [0.717, 1.165) is 10.6 Å². The van der Waals surface area contributed by atoms with Gasteiger partial charge in [0.1, 0.15) is 11.9 Å². The highest BCUT2D eigenvalue weighted by Gasteiger charge is 2.17. The molecule has 0 spiro atoms. The number of benzene rings is 1. The number of hydrogen-bond donors (Lipinski definition) is 1. The van der Waals surface area contributed by atoms with Gasteiger partial charge in [-0.15, -0.1) is 0 Å². The van der Waals surface area contributed by atoms with E-state index in [1.807, 2.05) is 44.4 Å². The van der Waals surface area contributed by atoms with E-state index in [-0.39, 0.29) is 11.7 Å². The first-order valence-electron chi connectivity index (χ1n) is 6.74. The van der Waals surface area contributed by atoms with E-state index >= 15 is 0 Å². The smallest absolute Gasteiger partial charge is 0.161 e. The van der Waals surface area contributed by atoms with Crippen LogP contribution in [0.25, 0.3) is 0 Å². The quantitative estimate of drug-likeness (QED) is 0.898. The molecule has 0 bridgehead atoms. The molecule has 0 saturated heterocycles. The summed E-state index contributed by atoms with van der Waals surface area (Å²) in [5.74, 6) is 0.611. The van der Waals surface area contributed by atoms with Crippen molar-refractivity contribution in [2.75, 3.05) is 26.0 Å². The van der Waals surface area contributed by atoms with E-state index in [1.54, 1.807) is 12.1 Å². The first-order valence-corrected chi connectivity index (χ1v) is 7.50. The third-order valence-electron chi connectivity index (χ3n) is 3.32. The molecule has 114 valence electrons. The van der Waals surface area contributed by atoms with Crippen LogP contribution in [0.4, 0.5) is 5.82 Å². The standard InChI is InChI=1S/C16H16Cl2N4/c1-22(2)15(11-5-3-4-6-12(11)17)10-20-16-8-7-13(18)14(9-19)21-16/h3-8,15H,10H2,1-2H3,(H,20,21). The molecule has 1 aromatic carbocycles. The summed E-state index contributed by atoms with van der Waals surface area (Å²) in [6.45, 7) is 0.607. The van der Waals surface area contributed by atoms with E-state index in [0.29, 0.717) is 17.4 Å². The Morgan fingerprint density at radius 2 is 1.91 bits per heavy atom. The lowest BCUT2D eigenvalue weighted by Crippen LogP contribution is -2.27. The minimum Gasteiger partial charge on any atom is -0.368 e. The second-order valence-electron chi connectivity index (χ2n) is 5.02. The maximum absolute atomic E-state index is 8.97. The van der Waals surface area contributed by atoms with Gasteiger partial charge in [-0.1, -0.05) is 41.4 Å². The van der Waals surface area contributed by atoms with Gasteiger partial charge in [0, 0.05) is 11.6 Å². The number of nitriles is 1. The Labute approximate surface area is 140 Å². The van der Waals surface area contributed by atoms with Gasteiger partial charge >= 0.3 is 0 Å². The highest BCUT2D eigenvalue weighted by molar-refractivity contribution is 6.31. The predicted octanol–water partition coefficient (Wildman–Crippen LogP) is 3.97. The summed E-state index contributed by atoms with van der Waals surface area (Å²) in [7, 11) is 3.98. The van der Waals surface area contributed by atoms with Gasteiger partial charge in [-0.25, -0.2) is 4.98 Å². The van der Waals surface area contributed by atoms with Crippen molar-refractivity contribution in [2.24, 2.45) is 0 Å². The summed E-state index contributed by atoms with van der Waals surface area (Å²) in [6, 6.07) is 13.2. The first-order chi connectivity index (χ1) is 10.5. The Hall–Kier alpha value is -1.80. The lowest BCUT2D eigenvalue weighted by Gasteiger charge is -2.26. The van der Waals surface area contributed by atoms with Gasteiger partial charge in [-0.05, 0) is 37.9 Å². The zero-order valence-corrected chi connectivity index (χ0v) is 13.9. The van der Waals surface area contributed by atoms with Crippen LogP contribution in [-0.4, -0.2) is 30.5 Å². The van der Waals surface area contributed by atoms with Crippen LogP contribution in [0.2, 0.25) is 10.0 Å². The van der Waals surface area contributed by atoms with Crippen molar-refractivity contribution in [1.29, 1.82) is 5.26 Å². The molecule has 0 aliphatic heterocycles. The van der Waals surface area contributed by atoms with E-state index in [2.05, 4.69) is 15.2 Å². The Kier molecular flexibility index (Phi) is 5.62. The van der Waals surface area contributed by atoms with Gasteiger partial charge in [0.15, 0.2) is 5.69 Å². The molecular formula is C16H16Cl2N4. The number of nitrogens with zero attached hydrogens (tertiary/aromatic N) is 3. The van der Waals surface area contributed by atoms with Crippen LogP contribution in [-0.2, 0) is 0 Å². The molecule has 0 saturated carbocycles. The number of halogens is 2. The lowest BCUT2D eigenvalue weighted by atomic mass is 10.1. The number of anilines is 1. The molecule has 4 nitrogen and oxygen atoms in total. The number of likely N-dealkylation sites (N-methyl/N-ethyl adjacent to an activating group) is 1. The van der Waals surface area contributed by atoms with Gasteiger partial charge < -0.3 is 10.2 Å². The number of aromatic nitrogens is 1. The van der Waals surface area contributed by atoms with E-state index in [9.17, 15) is 0 Å². The van der Waals surface area contributed by atoms with Crippen molar-refractivity contribution >= 4 is 29.0 Å². The van der Waals surface area contributed by atoms with Crippen molar-refractivity contribution < 1.29 is 0 Å². The van der Waals surface area contributed by atoms with Crippen LogP contribution in [0.1, 0.15) is 17.3 Å². The summed E-state index contributed by atoms with van der Waals surface area (Å²) >= 11 is 12.2. The van der Waals surface area contributed by atoms with Gasteiger partial charge in [-0.2, -0.15) is 5.26 Å². The number of hydrogen-bond acceptors (Lipinski definition) is 4. The van der Waals surface area contributed by atoms with Crippen LogP contribution < -0.4 is 5.32 Å². The number of pyridine rings is 1. The maximum atomic E-state index is 8.97. The topological polar surface area (TPSA) is 52.0 Å². The highest BCUT2D eigenvalue weighted by Crippen LogP contribution is 2.26. The van der Waals surface area contributed by atoms with Gasteiger partial charge in [-0.3, -0.25) is 0 Å². The van der Waals surface area contributed by atoms with Crippen molar-refractivity contribution in [2.45, 2.75) is 6.04 Å².